The van der Waals surface area contributed by atoms with Crippen molar-refractivity contribution in [2.24, 2.45) is 0 Å². The predicted molar refractivity (Wildman–Crippen MR) is 78.0 cm³/mol. The van der Waals surface area contributed by atoms with Gasteiger partial charge < -0.3 is 23.7 Å². The lowest BCUT2D eigenvalue weighted by atomic mass is 10.1. The lowest BCUT2D eigenvalue weighted by molar-refractivity contribution is -0.193. The standard InChI is InChI=1S/C15H21NO8/c1-7-16(5)12-14(23-10(4)19)13(22-9(3)18)11(6-20-8(2)17)24-15(12)21-7/h7,11-12,15H,6H2,1-5H3/t7?,11?,12?,15-/m0/s1. The summed E-state index contributed by atoms with van der Waals surface area (Å²) in [4.78, 5) is 35.8. The largest absolute Gasteiger partial charge is 0.463 e. The molecule has 1 saturated heterocycles. The monoisotopic (exact) mass is 343 g/mol. The molecule has 3 unspecified atom stereocenters. The van der Waals surface area contributed by atoms with Gasteiger partial charge in [0.25, 0.3) is 0 Å². The summed E-state index contributed by atoms with van der Waals surface area (Å²) in [7, 11) is 1.76. The van der Waals surface area contributed by atoms with Gasteiger partial charge in [0, 0.05) is 20.8 Å². The number of hydrogen-bond acceptors (Lipinski definition) is 9. The topological polar surface area (TPSA) is 101 Å². The third kappa shape index (κ3) is 3.92. The number of esters is 3. The Morgan fingerprint density at radius 1 is 1.00 bits per heavy atom. The number of nitrogens with zero attached hydrogens (tertiary/aromatic N) is 1. The Balaban J connectivity index is 2.43. The first-order valence-corrected chi connectivity index (χ1v) is 7.47. The van der Waals surface area contributed by atoms with Crippen LogP contribution in [0.4, 0.5) is 0 Å². The normalized spacial score (nSPS) is 29.9. The van der Waals surface area contributed by atoms with Gasteiger partial charge in [-0.05, 0) is 14.0 Å². The van der Waals surface area contributed by atoms with E-state index in [-0.39, 0.29) is 24.4 Å². The fourth-order valence-corrected chi connectivity index (χ4v) is 2.57. The molecule has 0 bridgehead atoms. The van der Waals surface area contributed by atoms with E-state index in [9.17, 15) is 14.4 Å². The molecule has 9 nitrogen and oxygen atoms in total. The van der Waals surface area contributed by atoms with Gasteiger partial charge in [-0.15, -0.1) is 0 Å². The first-order valence-electron chi connectivity index (χ1n) is 7.47. The molecule has 134 valence electrons. The van der Waals surface area contributed by atoms with Crippen molar-refractivity contribution >= 4 is 17.9 Å². The van der Waals surface area contributed by atoms with E-state index in [0.717, 1.165) is 0 Å². The maximum Gasteiger partial charge on any atom is 0.307 e. The first kappa shape index (κ1) is 18.4. The fraction of sp³-hybridized carbons (Fsp3) is 0.667. The van der Waals surface area contributed by atoms with E-state index in [4.69, 9.17) is 23.7 Å². The minimum atomic E-state index is -0.924. The Kier molecular flexibility index (Phi) is 5.58. The molecule has 2 aliphatic rings. The fourth-order valence-electron chi connectivity index (χ4n) is 2.57. The molecule has 2 rings (SSSR count). The zero-order valence-electron chi connectivity index (χ0n) is 14.2. The summed E-state index contributed by atoms with van der Waals surface area (Å²) in [5, 5.41) is 0. The lowest BCUT2D eigenvalue weighted by Gasteiger charge is -2.34. The van der Waals surface area contributed by atoms with Crippen LogP contribution in [0.3, 0.4) is 0 Å². The smallest absolute Gasteiger partial charge is 0.307 e. The molecule has 2 heterocycles. The van der Waals surface area contributed by atoms with E-state index in [2.05, 4.69) is 0 Å². The average molecular weight is 343 g/mol. The highest BCUT2D eigenvalue weighted by molar-refractivity contribution is 5.69. The Morgan fingerprint density at radius 2 is 1.58 bits per heavy atom. The maximum absolute atomic E-state index is 11.5. The van der Waals surface area contributed by atoms with Crippen LogP contribution in [-0.4, -0.2) is 61.1 Å². The number of likely N-dealkylation sites (N-methyl/N-ethyl adjacent to an activating group) is 1. The SMILES string of the molecule is CC(=O)OCC1O[C@@H]2OC(C)N(C)C2C(OC(C)=O)=C1OC(C)=O. The highest BCUT2D eigenvalue weighted by Crippen LogP contribution is 2.37. The van der Waals surface area contributed by atoms with Crippen LogP contribution < -0.4 is 0 Å². The number of rotatable bonds is 4. The minimum absolute atomic E-state index is 0.00440. The quantitative estimate of drug-likeness (QED) is 0.526. The van der Waals surface area contributed by atoms with Crippen molar-refractivity contribution in [2.75, 3.05) is 13.7 Å². The molecular weight excluding hydrogens is 322 g/mol. The van der Waals surface area contributed by atoms with Gasteiger partial charge in [-0.1, -0.05) is 0 Å². The van der Waals surface area contributed by atoms with E-state index < -0.39 is 36.3 Å². The molecule has 0 saturated carbocycles. The van der Waals surface area contributed by atoms with Crippen LogP contribution in [-0.2, 0) is 38.1 Å². The zero-order chi connectivity index (χ0) is 18.0. The predicted octanol–water partition coefficient (Wildman–Crippen LogP) is 0.289. The number of hydrogen-bond donors (Lipinski definition) is 0. The third-order valence-corrected chi connectivity index (χ3v) is 3.65. The van der Waals surface area contributed by atoms with E-state index in [0.29, 0.717) is 0 Å². The van der Waals surface area contributed by atoms with Gasteiger partial charge in [-0.3, -0.25) is 19.3 Å². The molecule has 0 aromatic heterocycles. The van der Waals surface area contributed by atoms with Gasteiger partial charge >= 0.3 is 17.9 Å². The number of carbonyl (C=O) groups is 3. The number of ether oxygens (including phenoxy) is 5. The second-order valence-electron chi connectivity index (χ2n) is 5.56. The van der Waals surface area contributed by atoms with E-state index in [1.165, 1.54) is 20.8 Å². The van der Waals surface area contributed by atoms with Crippen LogP contribution >= 0.6 is 0 Å². The van der Waals surface area contributed by atoms with Gasteiger partial charge in [0.05, 0.1) is 0 Å². The van der Waals surface area contributed by atoms with Crippen LogP contribution in [0.5, 0.6) is 0 Å². The minimum Gasteiger partial charge on any atom is -0.463 e. The zero-order valence-corrected chi connectivity index (χ0v) is 14.2. The Bertz CT molecular complexity index is 572. The highest BCUT2D eigenvalue weighted by Gasteiger charge is 2.50. The van der Waals surface area contributed by atoms with Gasteiger partial charge in [-0.25, -0.2) is 0 Å². The molecule has 2 aliphatic heterocycles. The molecule has 0 aliphatic carbocycles. The summed E-state index contributed by atoms with van der Waals surface area (Å²) < 4.78 is 26.9. The van der Waals surface area contributed by atoms with Gasteiger partial charge in [-0.2, -0.15) is 0 Å². The molecule has 24 heavy (non-hydrogen) atoms. The first-order chi connectivity index (χ1) is 11.2. The van der Waals surface area contributed by atoms with Crippen LogP contribution in [0.25, 0.3) is 0 Å². The molecule has 0 aromatic carbocycles. The van der Waals surface area contributed by atoms with Crippen molar-refractivity contribution < 1.29 is 38.1 Å². The third-order valence-electron chi connectivity index (χ3n) is 3.65. The lowest BCUT2D eigenvalue weighted by Crippen LogP contribution is -2.47. The van der Waals surface area contributed by atoms with Gasteiger partial charge in [0.2, 0.25) is 0 Å². The molecule has 0 aromatic rings. The van der Waals surface area contributed by atoms with Crippen LogP contribution in [0.15, 0.2) is 11.5 Å². The molecule has 4 atom stereocenters. The van der Waals surface area contributed by atoms with E-state index in [1.54, 1.807) is 18.9 Å². The maximum atomic E-state index is 11.5. The van der Waals surface area contributed by atoms with Crippen molar-refractivity contribution in [1.82, 2.24) is 4.90 Å². The van der Waals surface area contributed by atoms with Crippen LogP contribution in [0.1, 0.15) is 27.7 Å². The van der Waals surface area contributed by atoms with Crippen molar-refractivity contribution in [3.05, 3.63) is 11.5 Å². The van der Waals surface area contributed by atoms with Crippen LogP contribution in [0.2, 0.25) is 0 Å². The Morgan fingerprint density at radius 3 is 2.12 bits per heavy atom. The molecule has 1 fully saturated rings. The van der Waals surface area contributed by atoms with Crippen molar-refractivity contribution in [3.63, 3.8) is 0 Å². The number of carbonyl (C=O) groups excluding carboxylic acids is 3. The summed E-state index contributed by atoms with van der Waals surface area (Å²) in [5.74, 6) is -1.58. The van der Waals surface area contributed by atoms with Crippen molar-refractivity contribution in [1.29, 1.82) is 0 Å². The second kappa shape index (κ2) is 7.29. The van der Waals surface area contributed by atoms with Gasteiger partial charge in [0.1, 0.15) is 18.9 Å². The summed E-state index contributed by atoms with van der Waals surface area (Å²) >= 11 is 0. The molecule has 0 spiro atoms. The Labute approximate surface area is 139 Å². The molecule has 0 N–H and O–H groups in total. The summed E-state index contributed by atoms with van der Waals surface area (Å²) in [6.45, 7) is 5.30. The molecular formula is C15H21NO8. The van der Waals surface area contributed by atoms with Crippen LogP contribution in [0, 0.1) is 0 Å². The number of fused-ring (bicyclic) bond motifs is 1. The van der Waals surface area contributed by atoms with E-state index in [1.807, 2.05) is 0 Å². The van der Waals surface area contributed by atoms with Crippen molar-refractivity contribution in [3.8, 4) is 0 Å². The van der Waals surface area contributed by atoms with Crippen molar-refractivity contribution in [2.45, 2.75) is 52.4 Å². The Hall–Kier alpha value is -1.97. The second-order valence-corrected chi connectivity index (χ2v) is 5.56. The van der Waals surface area contributed by atoms with Gasteiger partial charge in [0.15, 0.2) is 23.9 Å². The summed E-state index contributed by atoms with van der Waals surface area (Å²) in [6, 6.07) is -0.563. The molecule has 0 amide bonds. The highest BCUT2D eigenvalue weighted by atomic mass is 16.7. The molecule has 9 heteroatoms. The molecule has 0 radical (unpaired) electrons. The summed E-state index contributed by atoms with van der Waals surface area (Å²) in [6.07, 6.45) is -1.98. The average Bonchev–Trinajstić information content (AvgIpc) is 2.73. The van der Waals surface area contributed by atoms with E-state index >= 15 is 0 Å². The summed E-state index contributed by atoms with van der Waals surface area (Å²) in [5.41, 5.74) is 0.